The standard InChI is InChI=1S/C68H129N/c1-7-13-19-25-31-34-40-44-51-63(50-43-37-28-22-16-10-4)60-66-56-58-68(57-49-59-69,62-65(54-47-39-30-24-18-12-6)55-48-42-36-33-27-21-15-9-3)67(66)61-64(52-45-38-29-23-17-11-5)53-46-41-35-32-26-20-14-8-2/h56,58,63-65H,7-55,57,60-62H2,1-6H3. The van der Waals surface area contributed by atoms with Gasteiger partial charge < -0.3 is 0 Å². The number of hydrogen-bond acceptors (Lipinski definition) is 1. The number of nitriles is 1. The van der Waals surface area contributed by atoms with E-state index in [-0.39, 0.29) is 5.41 Å². The molecule has 1 aliphatic rings. The van der Waals surface area contributed by atoms with Gasteiger partial charge in [-0.2, -0.15) is 5.26 Å². The normalized spacial score (nSPS) is 16.2. The molecule has 0 radical (unpaired) electrons. The largest absolute Gasteiger partial charge is 0.198 e. The molecule has 69 heavy (non-hydrogen) atoms. The average Bonchev–Trinajstić information content (AvgIpc) is 3.68. The molecule has 0 aliphatic heterocycles. The maximum Gasteiger partial charge on any atom is 0.0622 e. The molecule has 0 aromatic rings. The molecule has 0 saturated heterocycles. The first-order chi connectivity index (χ1) is 34.0. The Morgan fingerprint density at radius 2 is 0.609 bits per heavy atom. The molecule has 1 rings (SSSR count). The van der Waals surface area contributed by atoms with Crippen molar-refractivity contribution in [2.45, 2.75) is 382 Å². The van der Waals surface area contributed by atoms with Crippen LogP contribution >= 0.6 is 0 Å². The highest BCUT2D eigenvalue weighted by Crippen LogP contribution is 2.52. The summed E-state index contributed by atoms with van der Waals surface area (Å²) in [6.07, 6.45) is 79.2. The molecule has 0 fully saturated rings. The van der Waals surface area contributed by atoms with E-state index in [0.717, 1.165) is 24.2 Å². The van der Waals surface area contributed by atoms with Crippen LogP contribution in [0, 0.1) is 34.5 Å². The summed E-state index contributed by atoms with van der Waals surface area (Å²) in [5.74, 6) is 2.41. The van der Waals surface area contributed by atoms with Crippen LogP contribution in [0.4, 0.5) is 0 Å². The van der Waals surface area contributed by atoms with Crippen LogP contribution < -0.4 is 0 Å². The first-order valence-corrected chi connectivity index (χ1v) is 32.8. The Bertz CT molecular complexity index is 1150. The van der Waals surface area contributed by atoms with Gasteiger partial charge in [-0.3, -0.25) is 0 Å². The van der Waals surface area contributed by atoms with E-state index in [1.807, 2.05) is 5.57 Å². The second-order valence-electron chi connectivity index (χ2n) is 23.8. The van der Waals surface area contributed by atoms with Gasteiger partial charge in [-0.15, -0.1) is 0 Å². The summed E-state index contributed by atoms with van der Waals surface area (Å²) < 4.78 is 0. The van der Waals surface area contributed by atoms with Gasteiger partial charge in [0.15, 0.2) is 0 Å². The van der Waals surface area contributed by atoms with Gasteiger partial charge in [-0.25, -0.2) is 0 Å². The zero-order valence-corrected chi connectivity index (χ0v) is 48.8. The minimum Gasteiger partial charge on any atom is -0.198 e. The van der Waals surface area contributed by atoms with Crippen molar-refractivity contribution >= 4 is 0 Å². The Kier molecular flexibility index (Phi) is 48.3. The third-order valence-electron chi connectivity index (χ3n) is 17.2. The quantitative estimate of drug-likeness (QED) is 0.0557. The van der Waals surface area contributed by atoms with Gasteiger partial charge in [-0.05, 0) is 49.0 Å². The molecule has 1 aliphatic carbocycles. The monoisotopic (exact) mass is 960 g/mol. The van der Waals surface area contributed by atoms with E-state index in [4.69, 9.17) is 0 Å². The second kappa shape index (κ2) is 50.5. The molecule has 0 spiro atoms. The van der Waals surface area contributed by atoms with Crippen LogP contribution in [-0.4, -0.2) is 0 Å². The zero-order valence-electron chi connectivity index (χ0n) is 48.8. The van der Waals surface area contributed by atoms with Crippen LogP contribution in [0.3, 0.4) is 0 Å². The predicted molar refractivity (Wildman–Crippen MR) is 313 cm³/mol. The number of unbranched alkanes of at least 4 members (excludes halogenated alkanes) is 36. The van der Waals surface area contributed by atoms with Crippen molar-refractivity contribution in [1.82, 2.24) is 0 Å². The fourth-order valence-corrected chi connectivity index (χ4v) is 12.6. The summed E-state index contributed by atoms with van der Waals surface area (Å²) in [7, 11) is 0. The third kappa shape index (κ3) is 37.4. The lowest BCUT2D eigenvalue weighted by Gasteiger charge is -2.37. The van der Waals surface area contributed by atoms with Crippen LogP contribution in [0.25, 0.3) is 0 Å². The number of nitrogens with zero attached hydrogens (tertiary/aromatic N) is 1. The summed E-state index contributed by atoms with van der Waals surface area (Å²) in [5.41, 5.74) is 3.75. The molecule has 0 aromatic carbocycles. The lowest BCUT2D eigenvalue weighted by atomic mass is 9.67. The summed E-state index contributed by atoms with van der Waals surface area (Å²) >= 11 is 0. The van der Waals surface area contributed by atoms with E-state index in [1.165, 1.54) is 327 Å². The Hall–Kier alpha value is -1.03. The lowest BCUT2D eigenvalue weighted by molar-refractivity contribution is 0.259. The summed E-state index contributed by atoms with van der Waals surface area (Å²) in [4.78, 5) is 0. The maximum atomic E-state index is 10.4. The Morgan fingerprint density at radius 1 is 0.348 bits per heavy atom. The van der Waals surface area contributed by atoms with Crippen molar-refractivity contribution in [3.63, 3.8) is 0 Å². The molecule has 4 unspecified atom stereocenters. The topological polar surface area (TPSA) is 23.8 Å². The van der Waals surface area contributed by atoms with Gasteiger partial charge >= 0.3 is 0 Å². The fourth-order valence-electron chi connectivity index (χ4n) is 12.6. The van der Waals surface area contributed by atoms with E-state index >= 15 is 0 Å². The minimum absolute atomic E-state index is 0.0972. The summed E-state index contributed by atoms with van der Waals surface area (Å²) in [5, 5.41) is 10.4. The van der Waals surface area contributed by atoms with Crippen LogP contribution in [0.5, 0.6) is 0 Å². The molecular weight excluding hydrogens is 831 g/mol. The smallest absolute Gasteiger partial charge is 0.0622 e. The highest BCUT2D eigenvalue weighted by molar-refractivity contribution is 5.42. The van der Waals surface area contributed by atoms with Crippen LogP contribution in [0.2, 0.25) is 0 Å². The van der Waals surface area contributed by atoms with E-state index in [0.29, 0.717) is 6.42 Å². The minimum atomic E-state index is 0.0972. The first-order valence-electron chi connectivity index (χ1n) is 32.8. The van der Waals surface area contributed by atoms with E-state index in [1.54, 1.807) is 5.57 Å². The summed E-state index contributed by atoms with van der Waals surface area (Å²) in [6.45, 7) is 14.1. The zero-order chi connectivity index (χ0) is 50.0. The number of allylic oxidation sites excluding steroid dienone is 4. The van der Waals surface area contributed by atoms with Crippen LogP contribution in [-0.2, 0) is 0 Å². The molecule has 0 amide bonds. The van der Waals surface area contributed by atoms with Crippen LogP contribution in [0.15, 0.2) is 23.3 Å². The third-order valence-corrected chi connectivity index (χ3v) is 17.2. The molecule has 0 heterocycles. The molecular formula is C68H129N. The SMILES string of the molecule is CCCCCCCCCCC(CCCCCCCC)CC1=C(CC(CCCCCCCC)CCCCCCCCCC)C(CCC#N)(CC(CCCCCCCC)CCCCCCCCCC)C=C1. The molecule has 1 nitrogen and oxygen atoms in total. The van der Waals surface area contributed by atoms with Crippen molar-refractivity contribution < 1.29 is 0 Å². The summed E-state index contributed by atoms with van der Waals surface area (Å²) in [6, 6.07) is 2.75. The maximum absolute atomic E-state index is 10.4. The van der Waals surface area contributed by atoms with Crippen molar-refractivity contribution in [1.29, 1.82) is 5.26 Å². The molecule has 0 aromatic heterocycles. The van der Waals surface area contributed by atoms with Crippen LogP contribution in [0.1, 0.15) is 382 Å². The molecule has 0 saturated carbocycles. The van der Waals surface area contributed by atoms with E-state index in [9.17, 15) is 5.26 Å². The van der Waals surface area contributed by atoms with Crippen molar-refractivity contribution in [3.05, 3.63) is 23.3 Å². The average molecular weight is 961 g/mol. The van der Waals surface area contributed by atoms with Crippen molar-refractivity contribution in [2.24, 2.45) is 23.2 Å². The Labute approximate surface area is 437 Å². The van der Waals surface area contributed by atoms with Gasteiger partial charge in [0.25, 0.3) is 0 Å². The van der Waals surface area contributed by atoms with E-state index in [2.05, 4.69) is 59.8 Å². The molecule has 406 valence electrons. The highest BCUT2D eigenvalue weighted by Gasteiger charge is 2.39. The van der Waals surface area contributed by atoms with Gasteiger partial charge in [0, 0.05) is 11.8 Å². The van der Waals surface area contributed by atoms with Gasteiger partial charge in [0.2, 0.25) is 0 Å². The van der Waals surface area contributed by atoms with Crippen molar-refractivity contribution in [2.75, 3.05) is 0 Å². The number of rotatable bonds is 56. The first kappa shape index (κ1) is 66.0. The molecule has 1 heteroatoms. The highest BCUT2D eigenvalue weighted by atomic mass is 14.4. The van der Waals surface area contributed by atoms with E-state index < -0.39 is 0 Å². The van der Waals surface area contributed by atoms with Gasteiger partial charge in [0.05, 0.1) is 6.07 Å². The molecule has 4 atom stereocenters. The molecule has 0 N–H and O–H groups in total. The lowest BCUT2D eigenvalue weighted by Crippen LogP contribution is -2.26. The van der Waals surface area contributed by atoms with Gasteiger partial charge in [0.1, 0.15) is 0 Å². The Morgan fingerprint density at radius 3 is 0.899 bits per heavy atom. The van der Waals surface area contributed by atoms with Crippen molar-refractivity contribution in [3.8, 4) is 6.07 Å². The molecule has 0 bridgehead atoms. The van der Waals surface area contributed by atoms with Gasteiger partial charge in [-0.1, -0.05) is 367 Å². The predicted octanol–water partition coefficient (Wildman–Crippen LogP) is 25.0. The fraction of sp³-hybridized carbons (Fsp3) is 0.926. The number of hydrogen-bond donors (Lipinski definition) is 0. The Balaban J connectivity index is 3.61. The second-order valence-corrected chi connectivity index (χ2v) is 23.8.